The standard InChI is InChI=1S/C14H13FN2O6S/c1-22-10-4-6-14(13(8-10)23-2)24(20,21)16-9-3-5-11(15)12(7-9)17(18)19/h3-8,16H,1-2H3. The van der Waals surface area contributed by atoms with Gasteiger partial charge < -0.3 is 9.47 Å². The fraction of sp³-hybridized carbons (Fsp3) is 0.143. The number of rotatable bonds is 6. The van der Waals surface area contributed by atoms with Crippen LogP contribution in [0.4, 0.5) is 15.8 Å². The smallest absolute Gasteiger partial charge is 0.306 e. The molecule has 0 aromatic heterocycles. The number of hydrogen-bond acceptors (Lipinski definition) is 6. The van der Waals surface area contributed by atoms with Gasteiger partial charge in [-0.05, 0) is 24.3 Å². The van der Waals surface area contributed by atoms with E-state index in [0.29, 0.717) is 5.75 Å². The van der Waals surface area contributed by atoms with Gasteiger partial charge in [-0.15, -0.1) is 0 Å². The van der Waals surface area contributed by atoms with Crippen LogP contribution in [0.15, 0.2) is 41.3 Å². The van der Waals surface area contributed by atoms with Gasteiger partial charge in [-0.1, -0.05) is 0 Å². The molecule has 0 aliphatic heterocycles. The molecule has 0 heterocycles. The number of sulfonamides is 1. The molecule has 10 heteroatoms. The highest BCUT2D eigenvalue weighted by atomic mass is 32.2. The molecule has 2 rings (SSSR count). The van der Waals surface area contributed by atoms with Gasteiger partial charge in [0.2, 0.25) is 5.82 Å². The van der Waals surface area contributed by atoms with Gasteiger partial charge in [0, 0.05) is 12.1 Å². The molecular weight excluding hydrogens is 343 g/mol. The van der Waals surface area contributed by atoms with Crippen molar-refractivity contribution in [3.63, 3.8) is 0 Å². The number of nitro groups is 1. The van der Waals surface area contributed by atoms with Crippen LogP contribution in [-0.4, -0.2) is 27.6 Å². The molecule has 24 heavy (non-hydrogen) atoms. The summed E-state index contributed by atoms with van der Waals surface area (Å²) in [5, 5.41) is 10.7. The van der Waals surface area contributed by atoms with Crippen LogP contribution < -0.4 is 14.2 Å². The Bertz CT molecular complexity index is 885. The second kappa shape index (κ2) is 6.71. The van der Waals surface area contributed by atoms with Crippen molar-refractivity contribution < 1.29 is 27.2 Å². The molecule has 0 aliphatic rings. The van der Waals surface area contributed by atoms with Gasteiger partial charge in [-0.3, -0.25) is 14.8 Å². The van der Waals surface area contributed by atoms with Gasteiger partial charge in [-0.25, -0.2) is 8.42 Å². The van der Waals surface area contributed by atoms with Crippen molar-refractivity contribution in [2.75, 3.05) is 18.9 Å². The minimum atomic E-state index is -4.11. The fourth-order valence-electron chi connectivity index (χ4n) is 1.92. The molecule has 0 bridgehead atoms. The number of hydrogen-bond donors (Lipinski definition) is 1. The molecule has 0 atom stereocenters. The Kier molecular flexibility index (Phi) is 4.88. The highest BCUT2D eigenvalue weighted by Crippen LogP contribution is 2.30. The number of nitrogens with zero attached hydrogens (tertiary/aromatic N) is 1. The topological polar surface area (TPSA) is 108 Å². The minimum Gasteiger partial charge on any atom is -0.497 e. The third kappa shape index (κ3) is 3.54. The van der Waals surface area contributed by atoms with Gasteiger partial charge in [0.05, 0.1) is 24.8 Å². The van der Waals surface area contributed by atoms with E-state index in [-0.39, 0.29) is 16.3 Å². The summed E-state index contributed by atoms with van der Waals surface area (Å²) in [5.74, 6) is -0.647. The second-order valence-electron chi connectivity index (χ2n) is 4.55. The number of nitro benzene ring substituents is 1. The summed E-state index contributed by atoms with van der Waals surface area (Å²) in [4.78, 5) is 9.60. The largest absolute Gasteiger partial charge is 0.497 e. The Hall–Kier alpha value is -2.88. The van der Waals surface area contributed by atoms with E-state index in [1.807, 2.05) is 0 Å². The van der Waals surface area contributed by atoms with E-state index >= 15 is 0 Å². The molecule has 0 spiro atoms. The van der Waals surface area contributed by atoms with Gasteiger partial charge in [0.25, 0.3) is 10.0 Å². The van der Waals surface area contributed by atoms with Crippen LogP contribution in [0.1, 0.15) is 0 Å². The first-order chi connectivity index (χ1) is 11.3. The lowest BCUT2D eigenvalue weighted by atomic mass is 10.3. The molecule has 8 nitrogen and oxygen atoms in total. The minimum absolute atomic E-state index is 0.0264. The summed E-state index contributed by atoms with van der Waals surface area (Å²) >= 11 is 0. The normalized spacial score (nSPS) is 11.0. The van der Waals surface area contributed by atoms with E-state index in [0.717, 1.165) is 18.2 Å². The van der Waals surface area contributed by atoms with Gasteiger partial charge in [0.1, 0.15) is 16.4 Å². The second-order valence-corrected chi connectivity index (χ2v) is 6.20. The lowest BCUT2D eigenvalue weighted by Gasteiger charge is -2.12. The van der Waals surface area contributed by atoms with E-state index in [2.05, 4.69) is 4.72 Å². The fourth-order valence-corrected chi connectivity index (χ4v) is 3.12. The number of halogens is 1. The number of nitrogens with one attached hydrogen (secondary N) is 1. The van der Waals surface area contributed by atoms with Crippen LogP contribution in [0.25, 0.3) is 0 Å². The molecule has 2 aromatic rings. The number of ether oxygens (including phenoxy) is 2. The third-order valence-corrected chi connectivity index (χ3v) is 4.48. The van der Waals surface area contributed by atoms with Crippen LogP contribution in [0.5, 0.6) is 11.5 Å². The first-order valence-corrected chi connectivity index (χ1v) is 7.95. The number of methoxy groups -OCH3 is 2. The molecule has 128 valence electrons. The van der Waals surface area contributed by atoms with Crippen LogP contribution >= 0.6 is 0 Å². The monoisotopic (exact) mass is 356 g/mol. The average molecular weight is 356 g/mol. The highest BCUT2D eigenvalue weighted by Gasteiger charge is 2.22. The van der Waals surface area contributed by atoms with Crippen molar-refractivity contribution >= 4 is 21.4 Å². The maximum absolute atomic E-state index is 13.3. The van der Waals surface area contributed by atoms with Crippen LogP contribution in [0.2, 0.25) is 0 Å². The molecule has 0 unspecified atom stereocenters. The lowest BCUT2D eigenvalue weighted by molar-refractivity contribution is -0.387. The Morgan fingerprint density at radius 2 is 1.83 bits per heavy atom. The Labute approximate surface area is 137 Å². The van der Waals surface area contributed by atoms with Crippen molar-refractivity contribution in [2.24, 2.45) is 0 Å². The zero-order valence-electron chi connectivity index (χ0n) is 12.6. The van der Waals surface area contributed by atoms with Crippen molar-refractivity contribution in [1.82, 2.24) is 0 Å². The predicted molar refractivity (Wildman–Crippen MR) is 83.4 cm³/mol. The predicted octanol–water partition coefficient (Wildman–Crippen LogP) is 2.55. The van der Waals surface area contributed by atoms with Crippen LogP contribution in [-0.2, 0) is 10.0 Å². The Balaban J connectivity index is 2.42. The molecule has 2 aromatic carbocycles. The van der Waals surface area contributed by atoms with Gasteiger partial charge in [0.15, 0.2) is 0 Å². The first kappa shape index (κ1) is 17.5. The van der Waals surface area contributed by atoms with Crippen molar-refractivity contribution in [1.29, 1.82) is 0 Å². The van der Waals surface area contributed by atoms with E-state index in [1.54, 1.807) is 0 Å². The summed E-state index contributed by atoms with van der Waals surface area (Å²) < 4.78 is 50.4. The maximum Gasteiger partial charge on any atom is 0.306 e. The zero-order valence-corrected chi connectivity index (χ0v) is 13.5. The third-order valence-electron chi connectivity index (χ3n) is 3.06. The molecule has 0 amide bonds. The SMILES string of the molecule is COc1ccc(S(=O)(=O)Nc2ccc(F)c([N+](=O)[O-])c2)c(OC)c1. The molecule has 0 fully saturated rings. The van der Waals surface area contributed by atoms with E-state index < -0.39 is 26.5 Å². The highest BCUT2D eigenvalue weighted by molar-refractivity contribution is 7.92. The molecule has 0 aliphatic carbocycles. The van der Waals surface area contributed by atoms with Gasteiger partial charge in [-0.2, -0.15) is 4.39 Å². The van der Waals surface area contributed by atoms with Crippen molar-refractivity contribution in [3.8, 4) is 11.5 Å². The zero-order chi connectivity index (χ0) is 17.9. The van der Waals surface area contributed by atoms with Gasteiger partial charge >= 0.3 is 5.69 Å². The summed E-state index contributed by atoms with van der Waals surface area (Å²) in [6, 6.07) is 6.74. The Morgan fingerprint density at radius 1 is 1.12 bits per heavy atom. The van der Waals surface area contributed by atoms with Crippen LogP contribution in [0.3, 0.4) is 0 Å². The average Bonchev–Trinajstić information content (AvgIpc) is 2.55. The van der Waals surface area contributed by atoms with Crippen LogP contribution in [0, 0.1) is 15.9 Å². The van der Waals surface area contributed by atoms with Crippen molar-refractivity contribution in [2.45, 2.75) is 4.90 Å². The maximum atomic E-state index is 13.3. The van der Waals surface area contributed by atoms with E-state index in [1.165, 1.54) is 32.4 Å². The summed E-state index contributed by atoms with van der Waals surface area (Å²) in [5.41, 5.74) is -0.988. The Morgan fingerprint density at radius 3 is 2.42 bits per heavy atom. The van der Waals surface area contributed by atoms with E-state index in [9.17, 15) is 22.9 Å². The molecule has 0 radical (unpaired) electrons. The number of benzene rings is 2. The summed E-state index contributed by atoms with van der Waals surface area (Å²) in [6.07, 6.45) is 0. The molecule has 1 N–H and O–H groups in total. The number of anilines is 1. The summed E-state index contributed by atoms with van der Waals surface area (Å²) in [7, 11) is -1.41. The van der Waals surface area contributed by atoms with Crippen molar-refractivity contribution in [3.05, 3.63) is 52.3 Å². The molecule has 0 saturated heterocycles. The summed E-state index contributed by atoms with van der Waals surface area (Å²) in [6.45, 7) is 0. The quantitative estimate of drug-likeness (QED) is 0.629. The lowest BCUT2D eigenvalue weighted by Crippen LogP contribution is -2.14. The molecule has 0 saturated carbocycles. The molecular formula is C14H13FN2O6S. The first-order valence-electron chi connectivity index (χ1n) is 6.47. The van der Waals surface area contributed by atoms with E-state index in [4.69, 9.17) is 9.47 Å².